The Kier molecular flexibility index (Phi) is 5.44. The first-order valence-corrected chi connectivity index (χ1v) is 8.44. The van der Waals surface area contributed by atoms with Gasteiger partial charge in [-0.3, -0.25) is 4.68 Å². The third kappa shape index (κ3) is 3.67. The average Bonchev–Trinajstić information content (AvgIpc) is 2.95. The van der Waals surface area contributed by atoms with Gasteiger partial charge >= 0.3 is 0 Å². The smallest absolute Gasteiger partial charge is 0.0640 e. The summed E-state index contributed by atoms with van der Waals surface area (Å²) in [5.74, 6) is 0. The first kappa shape index (κ1) is 16.5. The van der Waals surface area contributed by atoms with E-state index < -0.39 is 0 Å². The maximum Gasteiger partial charge on any atom is 0.0640 e. The molecule has 1 fully saturated rings. The van der Waals surface area contributed by atoms with Gasteiger partial charge in [0.25, 0.3) is 0 Å². The Hall–Kier alpha value is -0.870. The summed E-state index contributed by atoms with van der Waals surface area (Å²) in [5.41, 5.74) is 7.65. The molecule has 120 valence electrons. The van der Waals surface area contributed by atoms with Gasteiger partial charge < -0.3 is 10.6 Å². The van der Waals surface area contributed by atoms with Crippen LogP contribution < -0.4 is 5.73 Å². The van der Waals surface area contributed by atoms with Crippen LogP contribution in [0.4, 0.5) is 0 Å². The largest absolute Gasteiger partial charge is 0.326 e. The van der Waals surface area contributed by atoms with Crippen LogP contribution >= 0.6 is 0 Å². The van der Waals surface area contributed by atoms with Crippen molar-refractivity contribution in [1.82, 2.24) is 14.7 Å². The Morgan fingerprint density at radius 3 is 2.62 bits per heavy atom. The van der Waals surface area contributed by atoms with Gasteiger partial charge in [-0.2, -0.15) is 5.10 Å². The molecule has 0 aromatic carbocycles. The van der Waals surface area contributed by atoms with Crippen LogP contribution in [0, 0.1) is 0 Å². The molecular formula is C17H32N4. The maximum atomic E-state index is 6.49. The van der Waals surface area contributed by atoms with Gasteiger partial charge in [0.1, 0.15) is 0 Å². The van der Waals surface area contributed by atoms with E-state index in [0.717, 1.165) is 18.5 Å². The van der Waals surface area contributed by atoms with Gasteiger partial charge in [-0.25, -0.2) is 0 Å². The van der Waals surface area contributed by atoms with Gasteiger partial charge in [-0.05, 0) is 46.3 Å². The quantitative estimate of drug-likeness (QED) is 0.877. The maximum absolute atomic E-state index is 6.49. The van der Waals surface area contributed by atoms with Gasteiger partial charge in [0.2, 0.25) is 0 Å². The predicted octanol–water partition coefficient (Wildman–Crippen LogP) is 2.99. The van der Waals surface area contributed by atoms with Crippen molar-refractivity contribution in [2.24, 2.45) is 5.73 Å². The van der Waals surface area contributed by atoms with Crippen LogP contribution in [0.25, 0.3) is 0 Å². The molecule has 2 unspecified atom stereocenters. The predicted molar refractivity (Wildman–Crippen MR) is 88.4 cm³/mol. The van der Waals surface area contributed by atoms with Crippen LogP contribution in [0.1, 0.15) is 64.1 Å². The minimum atomic E-state index is 0.0224. The number of nitrogens with two attached hydrogens (primary N) is 1. The standard InChI is InChI=1S/C17H32N4/c1-5-17(2,20(3)4)16(18)13-14-11-12-21(19-14)15-9-7-6-8-10-15/h11-12,15-16H,5-10,13,18H2,1-4H3. The topological polar surface area (TPSA) is 47.1 Å². The van der Waals surface area contributed by atoms with Crippen LogP contribution in [0.15, 0.2) is 12.3 Å². The molecule has 0 amide bonds. The molecular weight excluding hydrogens is 260 g/mol. The summed E-state index contributed by atoms with van der Waals surface area (Å²) in [6, 6.07) is 2.86. The molecule has 4 heteroatoms. The molecule has 0 saturated heterocycles. The zero-order chi connectivity index (χ0) is 15.5. The molecule has 0 bridgehead atoms. The molecule has 0 aliphatic heterocycles. The van der Waals surface area contributed by atoms with Gasteiger partial charge in [-0.15, -0.1) is 0 Å². The number of nitrogens with zero attached hydrogens (tertiary/aromatic N) is 3. The highest BCUT2D eigenvalue weighted by molar-refractivity contribution is 5.06. The molecule has 0 spiro atoms. The summed E-state index contributed by atoms with van der Waals surface area (Å²) >= 11 is 0. The van der Waals surface area contributed by atoms with E-state index in [2.05, 4.69) is 49.8 Å². The first-order valence-electron chi connectivity index (χ1n) is 8.44. The van der Waals surface area contributed by atoms with Gasteiger partial charge in [0.05, 0.1) is 11.7 Å². The zero-order valence-electron chi connectivity index (χ0n) is 14.2. The van der Waals surface area contributed by atoms with Crippen molar-refractivity contribution in [3.8, 4) is 0 Å². The van der Waals surface area contributed by atoms with Gasteiger partial charge in [-0.1, -0.05) is 26.2 Å². The molecule has 1 saturated carbocycles. The molecule has 1 aliphatic rings. The molecule has 21 heavy (non-hydrogen) atoms. The molecule has 1 aromatic rings. The van der Waals surface area contributed by atoms with Crippen molar-refractivity contribution in [2.75, 3.05) is 14.1 Å². The minimum absolute atomic E-state index is 0.0224. The van der Waals surface area contributed by atoms with Crippen molar-refractivity contribution >= 4 is 0 Å². The lowest BCUT2D eigenvalue weighted by Gasteiger charge is -2.40. The fraction of sp³-hybridized carbons (Fsp3) is 0.824. The zero-order valence-corrected chi connectivity index (χ0v) is 14.2. The third-order valence-electron chi connectivity index (χ3n) is 5.58. The minimum Gasteiger partial charge on any atom is -0.326 e. The highest BCUT2D eigenvalue weighted by Gasteiger charge is 2.32. The molecule has 2 atom stereocenters. The van der Waals surface area contributed by atoms with Crippen LogP contribution in [0.5, 0.6) is 0 Å². The van der Waals surface area contributed by atoms with E-state index in [1.807, 2.05) is 0 Å². The Balaban J connectivity index is 2.01. The van der Waals surface area contributed by atoms with Crippen LogP contribution in [-0.2, 0) is 6.42 Å². The van der Waals surface area contributed by atoms with Crippen molar-refractivity contribution in [1.29, 1.82) is 0 Å². The Labute approximate surface area is 129 Å². The summed E-state index contributed by atoms with van der Waals surface area (Å²) in [6.07, 6.45) is 10.7. The van der Waals surface area contributed by atoms with E-state index in [0.29, 0.717) is 6.04 Å². The summed E-state index contributed by atoms with van der Waals surface area (Å²) < 4.78 is 2.18. The van der Waals surface area contributed by atoms with Crippen molar-refractivity contribution in [3.63, 3.8) is 0 Å². The molecule has 2 rings (SSSR count). The molecule has 4 nitrogen and oxygen atoms in total. The second-order valence-electron chi connectivity index (χ2n) is 6.99. The van der Waals surface area contributed by atoms with E-state index in [1.54, 1.807) is 0 Å². The highest BCUT2D eigenvalue weighted by atomic mass is 15.3. The SMILES string of the molecule is CCC(C)(C(N)Cc1ccn(C2CCCCC2)n1)N(C)C. The summed E-state index contributed by atoms with van der Waals surface area (Å²) in [7, 11) is 4.23. The molecule has 1 aromatic heterocycles. The van der Waals surface area contributed by atoms with Crippen LogP contribution in [0.3, 0.4) is 0 Å². The van der Waals surface area contributed by atoms with E-state index in [9.17, 15) is 0 Å². The van der Waals surface area contributed by atoms with Crippen LogP contribution in [-0.4, -0.2) is 40.4 Å². The lowest BCUT2D eigenvalue weighted by molar-refractivity contribution is 0.131. The fourth-order valence-corrected chi connectivity index (χ4v) is 3.39. The third-order valence-corrected chi connectivity index (χ3v) is 5.58. The number of rotatable bonds is 6. The van der Waals surface area contributed by atoms with Crippen molar-refractivity contribution in [2.45, 2.75) is 76.4 Å². The number of aromatic nitrogens is 2. The molecule has 1 aliphatic carbocycles. The first-order chi connectivity index (χ1) is 9.97. The molecule has 2 N–H and O–H groups in total. The van der Waals surface area contributed by atoms with Gasteiger partial charge in [0.15, 0.2) is 0 Å². The number of likely N-dealkylation sites (N-methyl/N-ethyl adjacent to an activating group) is 1. The second kappa shape index (κ2) is 6.93. The Bertz CT molecular complexity index is 434. The fourth-order valence-electron chi connectivity index (χ4n) is 3.39. The summed E-state index contributed by atoms with van der Waals surface area (Å²) in [6.45, 7) is 4.45. The van der Waals surface area contributed by atoms with E-state index >= 15 is 0 Å². The van der Waals surface area contributed by atoms with Crippen LogP contribution in [0.2, 0.25) is 0 Å². The van der Waals surface area contributed by atoms with E-state index in [1.165, 1.54) is 32.1 Å². The second-order valence-corrected chi connectivity index (χ2v) is 6.99. The van der Waals surface area contributed by atoms with Crippen molar-refractivity contribution in [3.05, 3.63) is 18.0 Å². The Morgan fingerprint density at radius 2 is 2.05 bits per heavy atom. The monoisotopic (exact) mass is 292 g/mol. The summed E-state index contributed by atoms with van der Waals surface area (Å²) in [5, 5.41) is 4.80. The van der Waals surface area contributed by atoms with Crippen molar-refractivity contribution < 1.29 is 0 Å². The number of hydrogen-bond donors (Lipinski definition) is 1. The van der Waals surface area contributed by atoms with E-state index in [4.69, 9.17) is 10.8 Å². The molecule has 0 radical (unpaired) electrons. The van der Waals surface area contributed by atoms with Gasteiger partial charge in [0, 0.05) is 24.2 Å². The lowest BCUT2D eigenvalue weighted by atomic mass is 9.86. The highest BCUT2D eigenvalue weighted by Crippen LogP contribution is 2.28. The van der Waals surface area contributed by atoms with E-state index in [-0.39, 0.29) is 11.6 Å². The average molecular weight is 292 g/mol. The molecule has 1 heterocycles. The Morgan fingerprint density at radius 1 is 1.38 bits per heavy atom. The number of hydrogen-bond acceptors (Lipinski definition) is 3. The summed E-state index contributed by atoms with van der Waals surface area (Å²) in [4.78, 5) is 2.25. The lowest BCUT2D eigenvalue weighted by Crippen LogP contribution is -2.55. The normalized spacial score (nSPS) is 21.4.